The molecule has 2 heterocycles. The highest BCUT2D eigenvalue weighted by molar-refractivity contribution is 6.39. The summed E-state index contributed by atoms with van der Waals surface area (Å²) in [5, 5.41) is 9.02. The van der Waals surface area contributed by atoms with E-state index in [1.54, 1.807) is 42.7 Å². The molecule has 0 spiro atoms. The van der Waals surface area contributed by atoms with Crippen molar-refractivity contribution in [1.29, 1.82) is 0 Å². The molecule has 33 heavy (non-hydrogen) atoms. The van der Waals surface area contributed by atoms with E-state index in [4.69, 9.17) is 23.2 Å². The molecule has 7 nitrogen and oxygen atoms in total. The van der Waals surface area contributed by atoms with E-state index in [2.05, 4.69) is 25.8 Å². The van der Waals surface area contributed by atoms with Crippen LogP contribution < -0.4 is 20.9 Å². The summed E-state index contributed by atoms with van der Waals surface area (Å²) in [4.78, 5) is 31.9. The van der Waals surface area contributed by atoms with Gasteiger partial charge in [0.25, 0.3) is 5.91 Å². The fourth-order valence-corrected chi connectivity index (χ4v) is 4.19. The second-order valence-electron chi connectivity index (χ2n) is 7.65. The van der Waals surface area contributed by atoms with Crippen LogP contribution in [0, 0.1) is 0 Å². The summed E-state index contributed by atoms with van der Waals surface area (Å²) in [7, 11) is 0. The molecule has 0 radical (unpaired) electrons. The van der Waals surface area contributed by atoms with Gasteiger partial charge in [-0.05, 0) is 54.8 Å². The number of nitrogens with one attached hydrogen (secondary N) is 3. The summed E-state index contributed by atoms with van der Waals surface area (Å²) < 4.78 is 0. The molecule has 2 aromatic carbocycles. The predicted octanol–water partition coefficient (Wildman–Crippen LogP) is 5.56. The number of anilines is 3. The van der Waals surface area contributed by atoms with Gasteiger partial charge in [-0.3, -0.25) is 9.78 Å². The molecular weight excluding hydrogens is 461 g/mol. The van der Waals surface area contributed by atoms with Crippen molar-refractivity contribution >= 4 is 52.2 Å². The SMILES string of the molecule is O=C(Nc1ccc(N2CCCC2)c(C(=O)NCc2cccnc2)c1)Nc1c(Cl)cccc1Cl. The molecular formula is C24H23Cl2N5O2. The highest BCUT2D eigenvalue weighted by Crippen LogP contribution is 2.31. The van der Waals surface area contributed by atoms with Gasteiger partial charge in [-0.25, -0.2) is 4.79 Å². The molecule has 0 unspecified atom stereocenters. The average molecular weight is 484 g/mol. The number of carbonyl (C=O) groups excluding carboxylic acids is 2. The molecule has 9 heteroatoms. The first-order valence-corrected chi connectivity index (χ1v) is 11.3. The quantitative estimate of drug-likeness (QED) is 0.428. The van der Waals surface area contributed by atoms with E-state index in [1.807, 2.05) is 18.2 Å². The maximum absolute atomic E-state index is 13.1. The number of hydrogen-bond acceptors (Lipinski definition) is 4. The highest BCUT2D eigenvalue weighted by Gasteiger charge is 2.21. The van der Waals surface area contributed by atoms with Gasteiger partial charge in [-0.1, -0.05) is 35.3 Å². The van der Waals surface area contributed by atoms with Gasteiger partial charge in [0.1, 0.15) is 0 Å². The van der Waals surface area contributed by atoms with E-state index in [9.17, 15) is 9.59 Å². The molecule has 0 bridgehead atoms. The van der Waals surface area contributed by atoms with Crippen LogP contribution in [0.1, 0.15) is 28.8 Å². The first-order valence-electron chi connectivity index (χ1n) is 10.6. The van der Waals surface area contributed by atoms with Crippen molar-refractivity contribution in [2.75, 3.05) is 28.6 Å². The monoisotopic (exact) mass is 483 g/mol. The molecule has 3 N–H and O–H groups in total. The Balaban J connectivity index is 1.52. The van der Waals surface area contributed by atoms with Crippen molar-refractivity contribution in [2.45, 2.75) is 19.4 Å². The Morgan fingerprint density at radius 2 is 1.73 bits per heavy atom. The fraction of sp³-hybridized carbons (Fsp3) is 0.208. The molecule has 0 aliphatic carbocycles. The number of pyridine rings is 1. The van der Waals surface area contributed by atoms with E-state index >= 15 is 0 Å². The Morgan fingerprint density at radius 3 is 2.42 bits per heavy atom. The lowest BCUT2D eigenvalue weighted by molar-refractivity contribution is 0.0951. The number of rotatable bonds is 6. The number of hydrogen-bond donors (Lipinski definition) is 3. The van der Waals surface area contributed by atoms with Gasteiger partial charge in [0.2, 0.25) is 0 Å². The summed E-state index contributed by atoms with van der Waals surface area (Å²) in [5.74, 6) is -0.223. The minimum atomic E-state index is -0.513. The van der Waals surface area contributed by atoms with Crippen LogP contribution >= 0.6 is 23.2 Å². The van der Waals surface area contributed by atoms with Crippen LogP contribution in [0.4, 0.5) is 21.9 Å². The predicted molar refractivity (Wildman–Crippen MR) is 132 cm³/mol. The van der Waals surface area contributed by atoms with Crippen molar-refractivity contribution in [2.24, 2.45) is 0 Å². The molecule has 170 valence electrons. The second kappa shape index (κ2) is 10.6. The number of carbonyl (C=O) groups is 2. The molecule has 4 rings (SSSR count). The van der Waals surface area contributed by atoms with Crippen LogP contribution in [-0.2, 0) is 6.54 Å². The summed E-state index contributed by atoms with van der Waals surface area (Å²) in [6.45, 7) is 2.14. The third-order valence-electron chi connectivity index (χ3n) is 5.32. The van der Waals surface area contributed by atoms with Crippen LogP contribution in [0.5, 0.6) is 0 Å². The Morgan fingerprint density at radius 1 is 0.970 bits per heavy atom. The highest BCUT2D eigenvalue weighted by atomic mass is 35.5. The molecule has 1 aromatic heterocycles. The standard InChI is InChI=1S/C24H23Cl2N5O2/c25-19-6-3-7-20(26)22(19)30-24(33)29-17-8-9-21(31-11-1-2-12-31)18(13-17)23(32)28-15-16-5-4-10-27-14-16/h3-10,13-14H,1-2,11-12,15H2,(H,28,32)(H2,29,30,33). The largest absolute Gasteiger partial charge is 0.371 e. The van der Waals surface area contributed by atoms with Gasteiger partial charge in [0, 0.05) is 43.4 Å². The summed E-state index contributed by atoms with van der Waals surface area (Å²) in [5.41, 5.74) is 3.04. The Kier molecular flexibility index (Phi) is 7.32. The van der Waals surface area contributed by atoms with Crippen LogP contribution in [0.3, 0.4) is 0 Å². The number of aromatic nitrogens is 1. The molecule has 0 saturated carbocycles. The number of halogens is 2. The third-order valence-corrected chi connectivity index (χ3v) is 5.95. The van der Waals surface area contributed by atoms with E-state index in [-0.39, 0.29) is 5.91 Å². The molecule has 3 amide bonds. The molecule has 1 fully saturated rings. The van der Waals surface area contributed by atoms with E-state index < -0.39 is 6.03 Å². The Hall–Kier alpha value is -3.29. The minimum absolute atomic E-state index is 0.223. The van der Waals surface area contributed by atoms with E-state index in [0.29, 0.717) is 33.5 Å². The van der Waals surface area contributed by atoms with Crippen molar-refractivity contribution in [1.82, 2.24) is 10.3 Å². The van der Waals surface area contributed by atoms with Crippen molar-refractivity contribution in [3.8, 4) is 0 Å². The van der Waals surface area contributed by atoms with E-state index in [0.717, 1.165) is 37.2 Å². The van der Waals surface area contributed by atoms with Crippen LogP contribution in [0.15, 0.2) is 60.9 Å². The molecule has 1 saturated heterocycles. The third kappa shape index (κ3) is 5.74. The minimum Gasteiger partial charge on any atom is -0.371 e. The van der Waals surface area contributed by atoms with E-state index in [1.165, 1.54) is 0 Å². The number of benzene rings is 2. The molecule has 1 aliphatic heterocycles. The summed E-state index contributed by atoms with van der Waals surface area (Å²) in [6.07, 6.45) is 5.56. The second-order valence-corrected chi connectivity index (χ2v) is 8.46. The van der Waals surface area contributed by atoms with Gasteiger partial charge < -0.3 is 20.9 Å². The summed E-state index contributed by atoms with van der Waals surface area (Å²) in [6, 6.07) is 13.5. The normalized spacial score (nSPS) is 13.0. The smallest absolute Gasteiger partial charge is 0.323 e. The number of nitrogens with zero attached hydrogens (tertiary/aromatic N) is 2. The van der Waals surface area contributed by atoms with Gasteiger partial charge in [0.15, 0.2) is 0 Å². The first kappa shape index (κ1) is 22.9. The lowest BCUT2D eigenvalue weighted by Gasteiger charge is -2.22. The maximum atomic E-state index is 13.1. The zero-order chi connectivity index (χ0) is 23.2. The lowest BCUT2D eigenvalue weighted by Crippen LogP contribution is -2.28. The number of urea groups is 1. The van der Waals surface area contributed by atoms with Gasteiger partial charge >= 0.3 is 6.03 Å². The zero-order valence-electron chi connectivity index (χ0n) is 17.8. The number of amides is 3. The topological polar surface area (TPSA) is 86.4 Å². The first-order chi connectivity index (χ1) is 16.0. The molecule has 3 aromatic rings. The fourth-order valence-electron chi connectivity index (χ4n) is 3.70. The van der Waals surface area contributed by atoms with Gasteiger partial charge in [-0.15, -0.1) is 0 Å². The van der Waals surface area contributed by atoms with Crippen LogP contribution in [0.25, 0.3) is 0 Å². The average Bonchev–Trinajstić information content (AvgIpc) is 3.35. The van der Waals surface area contributed by atoms with Crippen LogP contribution in [0.2, 0.25) is 10.0 Å². The molecule has 1 aliphatic rings. The van der Waals surface area contributed by atoms with Crippen LogP contribution in [-0.4, -0.2) is 30.0 Å². The Bertz CT molecular complexity index is 1130. The summed E-state index contributed by atoms with van der Waals surface area (Å²) >= 11 is 12.3. The molecule has 0 atom stereocenters. The van der Waals surface area contributed by atoms with Gasteiger partial charge in [-0.2, -0.15) is 0 Å². The maximum Gasteiger partial charge on any atom is 0.323 e. The number of para-hydroxylation sites is 1. The van der Waals surface area contributed by atoms with Crippen molar-refractivity contribution < 1.29 is 9.59 Å². The zero-order valence-corrected chi connectivity index (χ0v) is 19.3. The van der Waals surface area contributed by atoms with Crippen molar-refractivity contribution in [3.63, 3.8) is 0 Å². The Labute approximate surface area is 202 Å². The van der Waals surface area contributed by atoms with Gasteiger partial charge in [0.05, 0.1) is 21.3 Å². The van der Waals surface area contributed by atoms with Crippen molar-refractivity contribution in [3.05, 3.63) is 82.1 Å². The lowest BCUT2D eigenvalue weighted by atomic mass is 10.1.